The van der Waals surface area contributed by atoms with Crippen LogP contribution in [-0.4, -0.2) is 63.5 Å². The first-order valence-corrected chi connectivity index (χ1v) is 9.74. The first-order chi connectivity index (χ1) is 14.5. The highest BCUT2D eigenvalue weighted by Crippen LogP contribution is 2.34. The molecular formula is C20H29F2NO8. The van der Waals surface area contributed by atoms with Crippen molar-refractivity contribution in [1.29, 1.82) is 0 Å². The number of hydrogen-bond donors (Lipinski definition) is 5. The number of nitrogens with one attached hydrogen (secondary N) is 1. The molecular weight excluding hydrogens is 420 g/mol. The topological polar surface area (TPSA) is 146 Å². The molecule has 1 aromatic carbocycles. The number of ether oxygens (including phenoxy) is 2. The second-order valence-corrected chi connectivity index (χ2v) is 7.35. The van der Waals surface area contributed by atoms with Crippen molar-refractivity contribution in [1.82, 2.24) is 0 Å². The molecule has 1 fully saturated rings. The van der Waals surface area contributed by atoms with Gasteiger partial charge < -0.3 is 35.2 Å². The van der Waals surface area contributed by atoms with E-state index in [4.69, 9.17) is 14.6 Å². The molecule has 0 bridgehead atoms. The van der Waals surface area contributed by atoms with E-state index in [9.17, 15) is 33.7 Å². The molecule has 0 radical (unpaired) electrons. The van der Waals surface area contributed by atoms with E-state index in [-0.39, 0.29) is 12.1 Å². The number of carboxylic acids is 1. The SMILES string of the molecule is CCCC(C)C.O=CNc1ccc(OC2OC(C(=O)O)C(O)C(O)C2O)c(C(F)F)c1. The maximum absolute atomic E-state index is 13.2. The summed E-state index contributed by atoms with van der Waals surface area (Å²) >= 11 is 0. The van der Waals surface area contributed by atoms with Gasteiger partial charge in [-0.1, -0.05) is 33.6 Å². The fourth-order valence-corrected chi connectivity index (χ4v) is 2.84. The number of halogens is 2. The van der Waals surface area contributed by atoms with Gasteiger partial charge in [-0.15, -0.1) is 0 Å². The Balaban J connectivity index is 0.000000703. The number of alkyl halides is 2. The number of aliphatic hydroxyl groups excluding tert-OH is 3. The molecule has 0 aromatic heterocycles. The van der Waals surface area contributed by atoms with E-state index in [0.717, 1.165) is 18.1 Å². The highest BCUT2D eigenvalue weighted by Gasteiger charge is 2.48. The van der Waals surface area contributed by atoms with Gasteiger partial charge in [0.25, 0.3) is 6.43 Å². The third-order valence-electron chi connectivity index (χ3n) is 4.39. The fourth-order valence-electron chi connectivity index (χ4n) is 2.84. The molecule has 0 spiro atoms. The molecule has 1 saturated heterocycles. The van der Waals surface area contributed by atoms with Crippen molar-refractivity contribution >= 4 is 18.1 Å². The number of aliphatic carboxylic acids is 1. The Hall–Kier alpha value is -2.34. The van der Waals surface area contributed by atoms with E-state index in [1.165, 1.54) is 18.9 Å². The van der Waals surface area contributed by atoms with Crippen LogP contribution in [0.2, 0.25) is 0 Å². The maximum Gasteiger partial charge on any atom is 0.335 e. The number of carbonyl (C=O) groups is 2. The van der Waals surface area contributed by atoms with Gasteiger partial charge in [0.05, 0.1) is 5.56 Å². The van der Waals surface area contributed by atoms with Crippen molar-refractivity contribution in [3.8, 4) is 5.75 Å². The molecule has 9 nitrogen and oxygen atoms in total. The molecule has 0 saturated carbocycles. The molecule has 11 heteroatoms. The van der Waals surface area contributed by atoms with Crippen LogP contribution in [0.4, 0.5) is 14.5 Å². The Morgan fingerprint density at radius 1 is 1.23 bits per heavy atom. The summed E-state index contributed by atoms with van der Waals surface area (Å²) in [7, 11) is 0. The van der Waals surface area contributed by atoms with Crippen LogP contribution >= 0.6 is 0 Å². The normalized spacial score (nSPS) is 25.5. The minimum atomic E-state index is -3.02. The number of aliphatic hydroxyl groups is 3. The first-order valence-electron chi connectivity index (χ1n) is 9.74. The lowest BCUT2D eigenvalue weighted by Gasteiger charge is -2.38. The molecule has 1 aliphatic heterocycles. The monoisotopic (exact) mass is 449 g/mol. The van der Waals surface area contributed by atoms with E-state index in [2.05, 4.69) is 26.1 Å². The molecule has 2 rings (SSSR count). The molecule has 5 atom stereocenters. The van der Waals surface area contributed by atoms with E-state index < -0.39 is 54.4 Å². The summed E-state index contributed by atoms with van der Waals surface area (Å²) < 4.78 is 36.3. The summed E-state index contributed by atoms with van der Waals surface area (Å²) in [5.74, 6) is -1.19. The second-order valence-electron chi connectivity index (χ2n) is 7.35. The highest BCUT2D eigenvalue weighted by atomic mass is 19.3. The lowest BCUT2D eigenvalue weighted by molar-refractivity contribution is -0.271. The smallest absolute Gasteiger partial charge is 0.335 e. The summed E-state index contributed by atoms with van der Waals surface area (Å²) in [6.45, 7) is 6.73. The summed E-state index contributed by atoms with van der Waals surface area (Å²) in [6, 6.07) is 3.20. The van der Waals surface area contributed by atoms with Crippen LogP contribution < -0.4 is 10.1 Å². The highest BCUT2D eigenvalue weighted by molar-refractivity contribution is 5.73. The van der Waals surface area contributed by atoms with Gasteiger partial charge in [-0.2, -0.15) is 0 Å². The van der Waals surface area contributed by atoms with Gasteiger partial charge in [-0.25, -0.2) is 13.6 Å². The molecule has 176 valence electrons. The molecule has 31 heavy (non-hydrogen) atoms. The van der Waals surface area contributed by atoms with Crippen LogP contribution in [0.15, 0.2) is 18.2 Å². The zero-order valence-electron chi connectivity index (χ0n) is 17.4. The molecule has 0 aliphatic carbocycles. The van der Waals surface area contributed by atoms with Gasteiger partial charge in [0, 0.05) is 5.69 Å². The van der Waals surface area contributed by atoms with Gasteiger partial charge in [0.15, 0.2) is 6.10 Å². The predicted molar refractivity (Wildman–Crippen MR) is 106 cm³/mol. The van der Waals surface area contributed by atoms with Crippen LogP contribution in [-0.2, 0) is 14.3 Å². The lowest BCUT2D eigenvalue weighted by Crippen LogP contribution is -2.61. The van der Waals surface area contributed by atoms with E-state index in [1.807, 2.05) is 0 Å². The van der Waals surface area contributed by atoms with E-state index in [1.54, 1.807) is 0 Å². The van der Waals surface area contributed by atoms with Crippen LogP contribution in [0.5, 0.6) is 5.75 Å². The second kappa shape index (κ2) is 12.5. The summed E-state index contributed by atoms with van der Waals surface area (Å²) in [4.78, 5) is 21.4. The van der Waals surface area contributed by atoms with Crippen molar-refractivity contribution in [2.24, 2.45) is 5.92 Å². The zero-order valence-corrected chi connectivity index (χ0v) is 17.4. The molecule has 1 amide bonds. The number of carbonyl (C=O) groups excluding carboxylic acids is 1. The maximum atomic E-state index is 13.2. The minimum absolute atomic E-state index is 0.0571. The van der Waals surface area contributed by atoms with Gasteiger partial charge in [-0.05, 0) is 24.1 Å². The largest absolute Gasteiger partial charge is 0.479 e. The Morgan fingerprint density at radius 3 is 2.32 bits per heavy atom. The first kappa shape index (κ1) is 26.7. The van der Waals surface area contributed by atoms with Crippen molar-refractivity contribution in [3.63, 3.8) is 0 Å². The molecule has 5 unspecified atom stereocenters. The average molecular weight is 449 g/mol. The van der Waals surface area contributed by atoms with Crippen molar-refractivity contribution in [2.75, 3.05) is 5.32 Å². The minimum Gasteiger partial charge on any atom is -0.479 e. The fraction of sp³-hybridized carbons (Fsp3) is 0.600. The quantitative estimate of drug-likeness (QED) is 0.379. The van der Waals surface area contributed by atoms with Crippen LogP contribution in [0.25, 0.3) is 0 Å². The Bertz CT molecular complexity index is 718. The van der Waals surface area contributed by atoms with Crippen molar-refractivity contribution < 1.29 is 48.3 Å². The molecule has 1 heterocycles. The van der Waals surface area contributed by atoms with Gasteiger partial charge >= 0.3 is 5.97 Å². The van der Waals surface area contributed by atoms with E-state index in [0.29, 0.717) is 0 Å². The average Bonchev–Trinajstić information content (AvgIpc) is 2.69. The standard InChI is InChI=1S/C14H15F2NO8.C6H14/c15-12(16)6-3-5(17-4-18)1-2-7(6)24-14-10(21)8(19)9(20)11(25-14)13(22)23;1-4-5-6(2)3/h1-4,8-12,14,19-21H,(H,17,18)(H,22,23);6H,4-5H2,1-3H3. The summed E-state index contributed by atoms with van der Waals surface area (Å²) in [5, 5.41) is 40.2. The number of carboxylic acid groups (broad SMARTS) is 1. The van der Waals surface area contributed by atoms with Gasteiger partial charge in [0.1, 0.15) is 24.1 Å². The van der Waals surface area contributed by atoms with Gasteiger partial charge in [-0.3, -0.25) is 4.79 Å². The Morgan fingerprint density at radius 2 is 1.87 bits per heavy atom. The van der Waals surface area contributed by atoms with Gasteiger partial charge in [0.2, 0.25) is 12.7 Å². The lowest BCUT2D eigenvalue weighted by atomic mass is 9.99. The third kappa shape index (κ3) is 7.69. The van der Waals surface area contributed by atoms with Crippen LogP contribution in [0, 0.1) is 5.92 Å². The number of rotatable bonds is 8. The number of hydrogen-bond acceptors (Lipinski definition) is 7. The van der Waals surface area contributed by atoms with E-state index >= 15 is 0 Å². The number of benzene rings is 1. The summed E-state index contributed by atoms with van der Waals surface area (Å²) in [6.07, 6.45) is -9.51. The van der Waals surface area contributed by atoms with Crippen LogP contribution in [0.3, 0.4) is 0 Å². The number of anilines is 1. The Labute approximate surface area is 178 Å². The zero-order chi connectivity index (χ0) is 23.7. The number of amides is 1. The molecule has 1 aliphatic rings. The van der Waals surface area contributed by atoms with Crippen molar-refractivity contribution in [2.45, 2.75) is 70.7 Å². The Kier molecular flexibility index (Phi) is 10.8. The summed E-state index contributed by atoms with van der Waals surface area (Å²) in [5.41, 5.74) is -0.600. The predicted octanol–water partition coefficient (Wildman–Crippen LogP) is 1.91. The third-order valence-corrected chi connectivity index (χ3v) is 4.39. The van der Waals surface area contributed by atoms with Crippen LogP contribution in [0.1, 0.15) is 45.6 Å². The molecule has 1 aromatic rings. The van der Waals surface area contributed by atoms with Crippen molar-refractivity contribution in [3.05, 3.63) is 23.8 Å². The molecule has 5 N–H and O–H groups in total.